The highest BCUT2D eigenvalue weighted by atomic mass is 32.2. The summed E-state index contributed by atoms with van der Waals surface area (Å²) in [6.45, 7) is 2.09. The van der Waals surface area contributed by atoms with E-state index in [1.54, 1.807) is 11.3 Å². The van der Waals surface area contributed by atoms with Crippen LogP contribution < -0.4 is 5.32 Å². The number of thioether (sulfide) groups is 2. The van der Waals surface area contributed by atoms with E-state index in [2.05, 4.69) is 52.9 Å². The van der Waals surface area contributed by atoms with Gasteiger partial charge < -0.3 is 5.32 Å². The maximum absolute atomic E-state index is 12.9. The van der Waals surface area contributed by atoms with Gasteiger partial charge in [0.05, 0.1) is 14.3 Å². The van der Waals surface area contributed by atoms with Gasteiger partial charge in [0.2, 0.25) is 5.91 Å². The lowest BCUT2D eigenvalue weighted by atomic mass is 9.79. The summed E-state index contributed by atoms with van der Waals surface area (Å²) in [5.41, 5.74) is 2.21. The molecule has 2 bridgehead atoms. The van der Waals surface area contributed by atoms with E-state index in [1.165, 1.54) is 29.9 Å². The van der Waals surface area contributed by atoms with E-state index in [4.69, 9.17) is 0 Å². The van der Waals surface area contributed by atoms with Gasteiger partial charge >= 0.3 is 0 Å². The van der Waals surface area contributed by atoms with Gasteiger partial charge in [-0.25, -0.2) is 4.98 Å². The Balaban J connectivity index is 1.32. The van der Waals surface area contributed by atoms with Gasteiger partial charge in [0, 0.05) is 17.4 Å². The van der Waals surface area contributed by atoms with Gasteiger partial charge in [-0.1, -0.05) is 17.4 Å². The summed E-state index contributed by atoms with van der Waals surface area (Å²) >= 11 is 5.96. The van der Waals surface area contributed by atoms with E-state index in [0.29, 0.717) is 4.08 Å². The third-order valence-corrected chi connectivity index (χ3v) is 11.0. The third-order valence-electron chi connectivity index (χ3n) is 6.02. The summed E-state index contributed by atoms with van der Waals surface area (Å²) in [5.74, 6) is 4.38. The SMILES string of the molecule is Cc1ccc2nc(NC(=O)C3CC4CCC(C3)C43SCCS3)sc2c1. The van der Waals surface area contributed by atoms with Gasteiger partial charge in [0.25, 0.3) is 0 Å². The number of carbonyl (C=O) groups is 1. The lowest BCUT2D eigenvalue weighted by Gasteiger charge is -2.42. The molecule has 2 atom stereocenters. The molecule has 0 radical (unpaired) electrons. The van der Waals surface area contributed by atoms with E-state index in [9.17, 15) is 4.79 Å². The summed E-state index contributed by atoms with van der Waals surface area (Å²) < 4.78 is 1.60. The average molecular weight is 391 g/mol. The fourth-order valence-electron chi connectivity index (χ4n) is 4.91. The molecular weight excluding hydrogens is 368 g/mol. The van der Waals surface area contributed by atoms with Crippen LogP contribution in [0.1, 0.15) is 31.2 Å². The van der Waals surface area contributed by atoms with E-state index < -0.39 is 0 Å². The number of aryl methyl sites for hydroxylation is 1. The number of hydrogen-bond donors (Lipinski definition) is 1. The topological polar surface area (TPSA) is 42.0 Å². The molecule has 5 rings (SSSR count). The second kappa shape index (κ2) is 6.17. The van der Waals surface area contributed by atoms with Crippen LogP contribution in [0, 0.1) is 24.7 Å². The molecule has 1 aromatic carbocycles. The molecule has 1 saturated heterocycles. The van der Waals surface area contributed by atoms with Crippen molar-refractivity contribution in [3.63, 3.8) is 0 Å². The Bertz CT molecular complexity index is 811. The van der Waals surface area contributed by atoms with Crippen molar-refractivity contribution in [1.82, 2.24) is 4.98 Å². The normalized spacial score (nSPS) is 30.2. The minimum absolute atomic E-state index is 0.165. The minimum atomic E-state index is 0.165. The Morgan fingerprint density at radius 2 is 1.92 bits per heavy atom. The van der Waals surface area contributed by atoms with Crippen LogP contribution in [0.3, 0.4) is 0 Å². The average Bonchev–Trinajstić information content (AvgIpc) is 3.25. The standard InChI is InChI=1S/C19H22N2OS3/c1-11-2-5-15-16(8-11)25-18(20-15)21-17(22)12-9-13-3-4-14(10-12)19(13)23-6-7-24-19/h2,5,8,12-14H,3-4,6-7,9-10H2,1H3,(H,20,21,22). The highest BCUT2D eigenvalue weighted by Gasteiger charge is 2.57. The fourth-order valence-corrected chi connectivity index (χ4v) is 9.81. The second-order valence-electron chi connectivity index (χ2n) is 7.54. The molecule has 25 heavy (non-hydrogen) atoms. The van der Waals surface area contributed by atoms with Gasteiger partial charge in [-0.2, -0.15) is 0 Å². The lowest BCUT2D eigenvalue weighted by molar-refractivity contribution is -0.121. The summed E-state index contributed by atoms with van der Waals surface area (Å²) in [5, 5.41) is 3.88. The molecule has 3 fully saturated rings. The highest BCUT2D eigenvalue weighted by molar-refractivity contribution is 8.21. The molecule has 1 spiro atoms. The first kappa shape index (κ1) is 16.5. The molecule has 6 heteroatoms. The molecule has 2 aliphatic carbocycles. The first-order valence-electron chi connectivity index (χ1n) is 9.10. The lowest BCUT2D eigenvalue weighted by Crippen LogP contribution is -2.41. The van der Waals surface area contributed by atoms with Crippen LogP contribution in [0.15, 0.2) is 18.2 Å². The molecular formula is C19H22N2OS3. The zero-order valence-electron chi connectivity index (χ0n) is 14.3. The van der Waals surface area contributed by atoms with Crippen molar-refractivity contribution in [1.29, 1.82) is 0 Å². The van der Waals surface area contributed by atoms with Gasteiger partial charge in [-0.05, 0) is 62.1 Å². The molecule has 1 N–H and O–H groups in total. The van der Waals surface area contributed by atoms with Crippen molar-refractivity contribution in [3.8, 4) is 0 Å². The number of thiazole rings is 1. The molecule has 132 valence electrons. The Labute approximate surface area is 160 Å². The van der Waals surface area contributed by atoms with E-state index >= 15 is 0 Å². The monoisotopic (exact) mass is 390 g/mol. The predicted octanol–water partition coefficient (Wildman–Crippen LogP) is 5.16. The Kier molecular flexibility index (Phi) is 4.06. The molecule has 3 nitrogen and oxygen atoms in total. The minimum Gasteiger partial charge on any atom is -0.302 e. The smallest absolute Gasteiger partial charge is 0.229 e. The molecule has 2 unspecified atom stereocenters. The number of nitrogens with one attached hydrogen (secondary N) is 1. The quantitative estimate of drug-likeness (QED) is 0.769. The Morgan fingerprint density at radius 1 is 1.20 bits per heavy atom. The Morgan fingerprint density at radius 3 is 2.64 bits per heavy atom. The van der Waals surface area contributed by atoms with Crippen molar-refractivity contribution in [2.24, 2.45) is 17.8 Å². The van der Waals surface area contributed by atoms with Crippen LogP contribution in [-0.2, 0) is 4.79 Å². The van der Waals surface area contributed by atoms with Crippen molar-refractivity contribution in [2.75, 3.05) is 16.8 Å². The summed E-state index contributed by atoms with van der Waals surface area (Å²) in [7, 11) is 0. The fraction of sp³-hybridized carbons (Fsp3) is 0.579. The largest absolute Gasteiger partial charge is 0.302 e. The zero-order valence-corrected chi connectivity index (χ0v) is 16.7. The van der Waals surface area contributed by atoms with Gasteiger partial charge in [-0.15, -0.1) is 23.5 Å². The van der Waals surface area contributed by atoms with Crippen molar-refractivity contribution >= 4 is 56.1 Å². The maximum atomic E-state index is 12.9. The van der Waals surface area contributed by atoms with Crippen molar-refractivity contribution in [2.45, 2.75) is 36.7 Å². The Hall–Kier alpha value is -0.720. The number of aromatic nitrogens is 1. The van der Waals surface area contributed by atoms with Gasteiger partial charge in [-0.3, -0.25) is 4.79 Å². The van der Waals surface area contributed by atoms with E-state index in [1.807, 2.05) is 6.07 Å². The molecule has 1 aromatic heterocycles. The predicted molar refractivity (Wildman–Crippen MR) is 110 cm³/mol. The first-order valence-corrected chi connectivity index (χ1v) is 11.9. The van der Waals surface area contributed by atoms with Crippen LogP contribution in [0.5, 0.6) is 0 Å². The summed E-state index contributed by atoms with van der Waals surface area (Å²) in [4.78, 5) is 17.5. The van der Waals surface area contributed by atoms with Gasteiger partial charge in [0.15, 0.2) is 5.13 Å². The summed E-state index contributed by atoms with van der Waals surface area (Å²) in [6, 6.07) is 6.25. The van der Waals surface area contributed by atoms with Crippen molar-refractivity contribution < 1.29 is 4.79 Å². The molecule has 3 aliphatic rings. The van der Waals surface area contributed by atoms with Crippen molar-refractivity contribution in [3.05, 3.63) is 23.8 Å². The molecule has 2 heterocycles. The molecule has 1 aliphatic heterocycles. The number of carbonyl (C=O) groups excluding carboxylic acids is 1. The first-order chi connectivity index (χ1) is 12.1. The second-order valence-corrected chi connectivity index (χ2v) is 11.6. The number of fused-ring (bicyclic) bond motifs is 1. The zero-order chi connectivity index (χ0) is 17.0. The summed E-state index contributed by atoms with van der Waals surface area (Å²) in [6.07, 6.45) is 4.75. The number of benzene rings is 1. The maximum Gasteiger partial charge on any atom is 0.229 e. The number of nitrogens with zero attached hydrogens (tertiary/aromatic N) is 1. The van der Waals surface area contributed by atoms with Crippen LogP contribution >= 0.6 is 34.9 Å². The van der Waals surface area contributed by atoms with E-state index in [0.717, 1.165) is 40.0 Å². The van der Waals surface area contributed by atoms with Crippen LogP contribution in [0.25, 0.3) is 10.2 Å². The number of anilines is 1. The van der Waals surface area contributed by atoms with Gasteiger partial charge in [0.1, 0.15) is 0 Å². The molecule has 2 aromatic rings. The van der Waals surface area contributed by atoms with Crippen LogP contribution in [0.4, 0.5) is 5.13 Å². The molecule has 2 saturated carbocycles. The number of hydrogen-bond acceptors (Lipinski definition) is 5. The van der Waals surface area contributed by atoms with Crippen LogP contribution in [0.2, 0.25) is 0 Å². The van der Waals surface area contributed by atoms with E-state index in [-0.39, 0.29) is 11.8 Å². The third kappa shape index (κ3) is 2.72. The van der Waals surface area contributed by atoms with Crippen LogP contribution in [-0.4, -0.2) is 26.5 Å². The highest BCUT2D eigenvalue weighted by Crippen LogP contribution is 2.65. The molecule has 1 amide bonds. The number of amides is 1. The number of rotatable bonds is 2.